The van der Waals surface area contributed by atoms with Gasteiger partial charge in [0.25, 0.3) is 0 Å². The molecule has 1 aliphatic heterocycles. The van der Waals surface area contributed by atoms with Crippen molar-refractivity contribution in [3.63, 3.8) is 0 Å². The highest BCUT2D eigenvalue weighted by molar-refractivity contribution is 5.81. The molecule has 0 aromatic carbocycles. The predicted octanol–water partition coefficient (Wildman–Crippen LogP) is 2.04. The second-order valence-electron chi connectivity index (χ2n) is 6.85. The lowest BCUT2D eigenvalue weighted by atomic mass is 9.72. The molecular weight excluding hydrogens is 252 g/mol. The van der Waals surface area contributed by atoms with Crippen molar-refractivity contribution in [2.45, 2.75) is 51.5 Å². The quantitative estimate of drug-likeness (QED) is 0.801. The topological polar surface area (TPSA) is 41.6 Å². The van der Waals surface area contributed by atoms with E-state index in [9.17, 15) is 4.79 Å². The summed E-state index contributed by atoms with van der Waals surface area (Å²) >= 11 is 0. The van der Waals surface area contributed by atoms with Crippen molar-refractivity contribution < 1.29 is 9.53 Å². The Morgan fingerprint density at radius 2 is 2.10 bits per heavy atom. The number of carbonyl (C=O) groups excluding carboxylic acids is 1. The van der Waals surface area contributed by atoms with E-state index in [1.165, 1.54) is 12.8 Å². The van der Waals surface area contributed by atoms with Crippen LogP contribution in [0.3, 0.4) is 0 Å². The number of nitrogens with zero attached hydrogens (tertiary/aromatic N) is 1. The number of piperazine rings is 1. The highest BCUT2D eigenvalue weighted by Gasteiger charge is 2.48. The molecule has 1 aliphatic carbocycles. The fourth-order valence-electron chi connectivity index (χ4n) is 4.12. The molecule has 1 N–H and O–H groups in total. The zero-order valence-electron chi connectivity index (χ0n) is 13.3. The van der Waals surface area contributed by atoms with E-state index in [0.29, 0.717) is 11.8 Å². The zero-order chi connectivity index (χ0) is 14.6. The Bertz CT molecular complexity index is 326. The van der Waals surface area contributed by atoms with E-state index in [1.54, 1.807) is 7.11 Å². The van der Waals surface area contributed by atoms with Crippen LogP contribution in [0.1, 0.15) is 46.0 Å². The molecule has 2 unspecified atom stereocenters. The molecule has 0 aromatic rings. The van der Waals surface area contributed by atoms with Crippen molar-refractivity contribution in [3.8, 4) is 0 Å². The van der Waals surface area contributed by atoms with E-state index in [4.69, 9.17) is 4.74 Å². The summed E-state index contributed by atoms with van der Waals surface area (Å²) in [5.74, 6) is 1.36. The third-order valence-electron chi connectivity index (χ3n) is 4.92. The number of methoxy groups -OCH3 is 1. The van der Waals surface area contributed by atoms with Crippen LogP contribution in [0.4, 0.5) is 0 Å². The van der Waals surface area contributed by atoms with E-state index in [2.05, 4.69) is 24.1 Å². The summed E-state index contributed by atoms with van der Waals surface area (Å²) in [6.45, 7) is 8.44. The molecular formula is C16H30N2O2. The Morgan fingerprint density at radius 1 is 1.40 bits per heavy atom. The number of ether oxygens (including phenoxy) is 1. The van der Waals surface area contributed by atoms with E-state index in [1.807, 2.05) is 0 Å². The Kier molecular flexibility index (Phi) is 5.44. The van der Waals surface area contributed by atoms with Gasteiger partial charge in [0, 0.05) is 26.2 Å². The largest absolute Gasteiger partial charge is 0.468 e. The number of nitrogens with one attached hydrogen (secondary N) is 1. The van der Waals surface area contributed by atoms with Crippen molar-refractivity contribution in [2.24, 2.45) is 11.8 Å². The molecule has 1 heterocycles. The molecule has 1 saturated heterocycles. The van der Waals surface area contributed by atoms with Crippen LogP contribution in [0.5, 0.6) is 0 Å². The van der Waals surface area contributed by atoms with Crippen LogP contribution < -0.4 is 5.32 Å². The normalized spacial score (nSPS) is 32.3. The Balaban J connectivity index is 2.15. The van der Waals surface area contributed by atoms with E-state index >= 15 is 0 Å². The van der Waals surface area contributed by atoms with E-state index in [0.717, 1.165) is 45.4 Å². The average Bonchev–Trinajstić information content (AvgIpc) is 2.46. The van der Waals surface area contributed by atoms with Crippen LogP contribution in [0.15, 0.2) is 0 Å². The molecule has 20 heavy (non-hydrogen) atoms. The van der Waals surface area contributed by atoms with Crippen molar-refractivity contribution in [1.29, 1.82) is 0 Å². The van der Waals surface area contributed by atoms with Crippen molar-refractivity contribution in [1.82, 2.24) is 10.2 Å². The fraction of sp³-hybridized carbons (Fsp3) is 0.938. The summed E-state index contributed by atoms with van der Waals surface area (Å²) < 4.78 is 5.20. The van der Waals surface area contributed by atoms with Crippen LogP contribution in [-0.2, 0) is 9.53 Å². The third kappa shape index (κ3) is 3.34. The standard InChI is InChI=1S/C16H30N2O2/c1-13(2)11-14-5-4-6-16(12-14,15(19)20-3)18-9-7-17-8-10-18/h13-14,17H,4-12H2,1-3H3. The highest BCUT2D eigenvalue weighted by atomic mass is 16.5. The molecule has 0 amide bonds. The van der Waals surface area contributed by atoms with Gasteiger partial charge in [0.2, 0.25) is 0 Å². The average molecular weight is 282 g/mol. The first-order valence-electron chi connectivity index (χ1n) is 8.12. The number of carbonyl (C=O) groups is 1. The number of hydrogen-bond donors (Lipinski definition) is 1. The molecule has 2 atom stereocenters. The van der Waals surface area contributed by atoms with Gasteiger partial charge in [-0.25, -0.2) is 0 Å². The first-order valence-corrected chi connectivity index (χ1v) is 8.12. The highest BCUT2D eigenvalue weighted by Crippen LogP contribution is 2.40. The molecule has 0 spiro atoms. The molecule has 4 heteroatoms. The van der Waals surface area contributed by atoms with E-state index in [-0.39, 0.29) is 11.5 Å². The minimum Gasteiger partial charge on any atom is -0.468 e. The van der Waals surface area contributed by atoms with Gasteiger partial charge in [-0.05, 0) is 31.1 Å². The maximum atomic E-state index is 12.5. The lowest BCUT2D eigenvalue weighted by Gasteiger charge is -2.48. The molecule has 2 rings (SSSR count). The zero-order valence-corrected chi connectivity index (χ0v) is 13.3. The molecule has 1 saturated carbocycles. The van der Waals surface area contributed by atoms with Gasteiger partial charge in [-0.15, -0.1) is 0 Å². The predicted molar refractivity (Wildman–Crippen MR) is 80.6 cm³/mol. The maximum absolute atomic E-state index is 12.5. The van der Waals surface area contributed by atoms with Crippen LogP contribution in [0.25, 0.3) is 0 Å². The summed E-state index contributed by atoms with van der Waals surface area (Å²) in [6.07, 6.45) is 5.59. The minimum absolute atomic E-state index is 0.00661. The number of esters is 1. The number of rotatable bonds is 4. The Labute approximate surface area is 123 Å². The van der Waals surface area contributed by atoms with Gasteiger partial charge < -0.3 is 10.1 Å². The SMILES string of the molecule is COC(=O)C1(N2CCNCC2)CCCC(CC(C)C)C1. The first kappa shape index (κ1) is 15.8. The molecule has 4 nitrogen and oxygen atoms in total. The minimum atomic E-state index is -0.353. The summed E-state index contributed by atoms with van der Waals surface area (Å²) in [5, 5.41) is 3.38. The van der Waals surface area contributed by atoms with Gasteiger partial charge in [0.05, 0.1) is 7.11 Å². The van der Waals surface area contributed by atoms with Gasteiger partial charge in [-0.1, -0.05) is 26.7 Å². The summed E-state index contributed by atoms with van der Waals surface area (Å²) in [7, 11) is 1.54. The van der Waals surface area contributed by atoms with Crippen LogP contribution in [-0.4, -0.2) is 49.7 Å². The fourth-order valence-corrected chi connectivity index (χ4v) is 4.12. The summed E-state index contributed by atoms with van der Waals surface area (Å²) in [4.78, 5) is 14.9. The van der Waals surface area contributed by atoms with Crippen LogP contribution in [0.2, 0.25) is 0 Å². The second kappa shape index (κ2) is 6.90. The van der Waals surface area contributed by atoms with Gasteiger partial charge in [0.1, 0.15) is 5.54 Å². The van der Waals surface area contributed by atoms with Gasteiger partial charge >= 0.3 is 5.97 Å². The molecule has 2 aliphatic rings. The van der Waals surface area contributed by atoms with E-state index < -0.39 is 0 Å². The number of hydrogen-bond acceptors (Lipinski definition) is 4. The second-order valence-corrected chi connectivity index (χ2v) is 6.85. The molecule has 0 radical (unpaired) electrons. The Morgan fingerprint density at radius 3 is 2.70 bits per heavy atom. The Hall–Kier alpha value is -0.610. The van der Waals surface area contributed by atoms with Crippen LogP contribution in [0, 0.1) is 11.8 Å². The molecule has 0 aromatic heterocycles. The molecule has 0 bridgehead atoms. The monoisotopic (exact) mass is 282 g/mol. The lowest BCUT2D eigenvalue weighted by molar-refractivity contribution is -0.160. The van der Waals surface area contributed by atoms with Gasteiger partial charge in [-0.2, -0.15) is 0 Å². The van der Waals surface area contributed by atoms with Gasteiger partial charge in [-0.3, -0.25) is 9.69 Å². The first-order chi connectivity index (χ1) is 9.58. The van der Waals surface area contributed by atoms with Gasteiger partial charge in [0.15, 0.2) is 0 Å². The molecule has 116 valence electrons. The smallest absolute Gasteiger partial charge is 0.326 e. The van der Waals surface area contributed by atoms with Crippen molar-refractivity contribution >= 4 is 5.97 Å². The third-order valence-corrected chi connectivity index (χ3v) is 4.92. The lowest BCUT2D eigenvalue weighted by Crippen LogP contribution is -2.62. The van der Waals surface area contributed by atoms with Crippen molar-refractivity contribution in [2.75, 3.05) is 33.3 Å². The summed E-state index contributed by atoms with van der Waals surface area (Å²) in [6, 6.07) is 0. The maximum Gasteiger partial charge on any atom is 0.326 e. The summed E-state index contributed by atoms with van der Waals surface area (Å²) in [5.41, 5.74) is -0.353. The van der Waals surface area contributed by atoms with Crippen LogP contribution >= 0.6 is 0 Å². The van der Waals surface area contributed by atoms with Crippen molar-refractivity contribution in [3.05, 3.63) is 0 Å². The molecule has 2 fully saturated rings.